The highest BCUT2D eigenvalue weighted by atomic mass is 16.3. The van der Waals surface area contributed by atoms with Gasteiger partial charge in [0.1, 0.15) is 6.73 Å². The molecule has 0 aliphatic rings. The Morgan fingerprint density at radius 1 is 1.09 bits per heavy atom. The van der Waals surface area contributed by atoms with Crippen molar-refractivity contribution in [1.82, 2.24) is 4.90 Å². The van der Waals surface area contributed by atoms with Gasteiger partial charge in [0.2, 0.25) is 0 Å². The van der Waals surface area contributed by atoms with Crippen molar-refractivity contribution in [3.63, 3.8) is 0 Å². The predicted octanol–water partition coefficient (Wildman–Crippen LogP) is 2.27. The summed E-state index contributed by atoms with van der Waals surface area (Å²) in [7, 11) is 0. The van der Waals surface area contributed by atoms with E-state index in [9.17, 15) is 5.11 Å². The summed E-state index contributed by atoms with van der Waals surface area (Å²) in [6.45, 7) is 8.41. The van der Waals surface area contributed by atoms with E-state index >= 15 is 0 Å². The van der Waals surface area contributed by atoms with E-state index in [2.05, 4.69) is 27.7 Å². The third kappa shape index (κ3) is 3.21. The summed E-state index contributed by atoms with van der Waals surface area (Å²) in [4.78, 5) is 2.01. The van der Waals surface area contributed by atoms with Crippen LogP contribution in [-0.4, -0.2) is 23.7 Å². The molecular weight excluding hydrogens is 138 g/mol. The molecule has 0 aromatic rings. The third-order valence-electron chi connectivity index (χ3n) is 2.46. The van der Waals surface area contributed by atoms with E-state index < -0.39 is 0 Å². The molecule has 2 nitrogen and oxygen atoms in total. The van der Waals surface area contributed by atoms with Crippen LogP contribution in [0.25, 0.3) is 0 Å². The Hall–Kier alpha value is -0.0800. The molecule has 11 heavy (non-hydrogen) atoms. The lowest BCUT2D eigenvalue weighted by Gasteiger charge is -2.30. The summed E-state index contributed by atoms with van der Waals surface area (Å²) in [5.41, 5.74) is 0. The van der Waals surface area contributed by atoms with Crippen LogP contribution in [0, 0.1) is 0 Å². The largest absolute Gasteiger partial charge is 0.273 e. The maximum atomic E-state index is 10.8. The number of rotatable bonds is 5. The van der Waals surface area contributed by atoms with Gasteiger partial charge in [-0.2, -0.15) is 0 Å². The summed E-state index contributed by atoms with van der Waals surface area (Å²) < 4.78 is 0. The van der Waals surface area contributed by atoms with Crippen LogP contribution in [-0.2, 0) is 5.11 Å². The first-order valence-corrected chi connectivity index (χ1v) is 4.51. The minimum Gasteiger partial charge on any atom is -0.273 e. The van der Waals surface area contributed by atoms with Crippen molar-refractivity contribution in [2.75, 3.05) is 6.73 Å². The molecule has 0 aliphatic carbocycles. The van der Waals surface area contributed by atoms with Crippen LogP contribution in [0.4, 0.5) is 0 Å². The maximum Gasteiger partial charge on any atom is 0.136 e. The summed E-state index contributed by atoms with van der Waals surface area (Å²) in [5, 5.41) is 10.8. The van der Waals surface area contributed by atoms with Gasteiger partial charge in [0, 0.05) is 12.1 Å². The average molecular weight is 158 g/mol. The van der Waals surface area contributed by atoms with Gasteiger partial charge in [-0.15, -0.1) is 0 Å². The van der Waals surface area contributed by atoms with Crippen LogP contribution in [0.5, 0.6) is 0 Å². The van der Waals surface area contributed by atoms with Crippen LogP contribution in [0.2, 0.25) is 0 Å². The van der Waals surface area contributed by atoms with Gasteiger partial charge >= 0.3 is 0 Å². The molecule has 2 atom stereocenters. The van der Waals surface area contributed by atoms with E-state index in [1.807, 2.05) is 4.90 Å². The van der Waals surface area contributed by atoms with Gasteiger partial charge in [0.05, 0.1) is 0 Å². The van der Waals surface area contributed by atoms with Crippen LogP contribution in [0.1, 0.15) is 40.5 Å². The number of hydrogen-bond donors (Lipinski definition) is 0. The van der Waals surface area contributed by atoms with E-state index in [0.717, 1.165) is 12.8 Å². The number of nitrogens with zero attached hydrogens (tertiary/aromatic N) is 1. The monoisotopic (exact) mass is 158 g/mol. The first-order valence-electron chi connectivity index (χ1n) is 4.51. The first kappa shape index (κ1) is 10.9. The molecular formula is C9H20NO. The van der Waals surface area contributed by atoms with Crippen molar-refractivity contribution in [3.05, 3.63) is 0 Å². The van der Waals surface area contributed by atoms with Crippen molar-refractivity contribution in [3.8, 4) is 0 Å². The summed E-state index contributed by atoms with van der Waals surface area (Å²) in [6.07, 6.45) is 2.12. The standard InChI is InChI=1S/C9H20NO/c1-5-8(3)10(7-11)9(4)6-2/h8-9H,5-7H2,1-4H3. The lowest BCUT2D eigenvalue weighted by molar-refractivity contribution is -0.00165. The van der Waals surface area contributed by atoms with Crippen LogP contribution < -0.4 is 0 Å². The van der Waals surface area contributed by atoms with E-state index in [1.165, 1.54) is 0 Å². The van der Waals surface area contributed by atoms with E-state index in [-0.39, 0.29) is 6.73 Å². The highest BCUT2D eigenvalue weighted by Gasteiger charge is 2.16. The van der Waals surface area contributed by atoms with Crippen molar-refractivity contribution >= 4 is 0 Å². The Morgan fingerprint density at radius 3 is 1.64 bits per heavy atom. The molecule has 0 aromatic carbocycles. The van der Waals surface area contributed by atoms with Crippen molar-refractivity contribution in [1.29, 1.82) is 0 Å². The van der Waals surface area contributed by atoms with Crippen LogP contribution in [0.15, 0.2) is 0 Å². The fraction of sp³-hybridized carbons (Fsp3) is 1.00. The molecule has 2 unspecified atom stereocenters. The number of hydrogen-bond acceptors (Lipinski definition) is 1. The maximum absolute atomic E-state index is 10.8. The lowest BCUT2D eigenvalue weighted by Crippen LogP contribution is -2.39. The summed E-state index contributed by atoms with van der Waals surface area (Å²) in [5.74, 6) is 0. The van der Waals surface area contributed by atoms with Crippen LogP contribution >= 0.6 is 0 Å². The highest BCUT2D eigenvalue weighted by molar-refractivity contribution is 4.68. The Kier molecular flexibility index (Phi) is 5.51. The van der Waals surface area contributed by atoms with Crippen LogP contribution in [0.3, 0.4) is 0 Å². The minimum atomic E-state index is -0.0655. The fourth-order valence-corrected chi connectivity index (χ4v) is 1.16. The predicted molar refractivity (Wildman–Crippen MR) is 46.9 cm³/mol. The molecule has 0 aliphatic heterocycles. The second kappa shape index (κ2) is 5.56. The molecule has 0 saturated heterocycles. The molecule has 0 heterocycles. The summed E-state index contributed by atoms with van der Waals surface area (Å²) >= 11 is 0. The fourth-order valence-electron chi connectivity index (χ4n) is 1.16. The second-order valence-electron chi connectivity index (χ2n) is 3.16. The van der Waals surface area contributed by atoms with Gasteiger partial charge in [-0.1, -0.05) is 13.8 Å². The Morgan fingerprint density at radius 2 is 1.45 bits per heavy atom. The van der Waals surface area contributed by atoms with Gasteiger partial charge < -0.3 is 0 Å². The van der Waals surface area contributed by atoms with E-state index in [0.29, 0.717) is 12.1 Å². The van der Waals surface area contributed by atoms with Gasteiger partial charge in [-0.05, 0) is 26.7 Å². The highest BCUT2D eigenvalue weighted by Crippen LogP contribution is 2.09. The zero-order valence-corrected chi connectivity index (χ0v) is 8.13. The molecule has 0 saturated carbocycles. The Balaban J connectivity index is 3.92. The third-order valence-corrected chi connectivity index (χ3v) is 2.46. The Labute approximate surface area is 70.2 Å². The zero-order valence-electron chi connectivity index (χ0n) is 8.13. The van der Waals surface area contributed by atoms with Crippen molar-refractivity contribution < 1.29 is 5.11 Å². The van der Waals surface area contributed by atoms with Gasteiger partial charge in [0.15, 0.2) is 0 Å². The van der Waals surface area contributed by atoms with Crippen molar-refractivity contribution in [2.45, 2.75) is 52.6 Å². The van der Waals surface area contributed by atoms with Gasteiger partial charge in [-0.25, -0.2) is 5.11 Å². The molecule has 0 fully saturated rings. The smallest absolute Gasteiger partial charge is 0.136 e. The molecule has 0 bridgehead atoms. The van der Waals surface area contributed by atoms with Gasteiger partial charge in [-0.3, -0.25) is 4.90 Å². The molecule has 67 valence electrons. The molecule has 2 heteroatoms. The minimum absolute atomic E-state index is 0.0655. The van der Waals surface area contributed by atoms with E-state index in [4.69, 9.17) is 0 Å². The average Bonchev–Trinajstić information content (AvgIpc) is 2.05. The topological polar surface area (TPSA) is 23.1 Å². The molecule has 0 N–H and O–H groups in total. The normalized spacial score (nSPS) is 16.9. The van der Waals surface area contributed by atoms with Gasteiger partial charge in [0.25, 0.3) is 0 Å². The molecule has 0 aromatic heterocycles. The quantitative estimate of drug-likeness (QED) is 0.563. The Bertz CT molecular complexity index is 85.6. The molecule has 0 rings (SSSR count). The molecule has 1 radical (unpaired) electrons. The SMILES string of the molecule is CCC(C)N(C[O])C(C)CC. The van der Waals surface area contributed by atoms with Crippen molar-refractivity contribution in [2.24, 2.45) is 0 Å². The molecule has 0 spiro atoms. The van der Waals surface area contributed by atoms with E-state index in [1.54, 1.807) is 0 Å². The lowest BCUT2D eigenvalue weighted by atomic mass is 10.1. The first-order chi connectivity index (χ1) is 5.17. The second-order valence-corrected chi connectivity index (χ2v) is 3.16. The molecule has 0 amide bonds. The zero-order chi connectivity index (χ0) is 8.85. The summed E-state index contributed by atoms with van der Waals surface area (Å²) in [6, 6.07) is 0.866.